The molecule has 212 valence electrons. The molecule has 0 aromatic carbocycles. The first kappa shape index (κ1) is 27.2. The molecule has 5 nitrogen and oxygen atoms in total. The number of rotatable bonds is 2. The molecule has 0 heterocycles. The van der Waals surface area contributed by atoms with Crippen LogP contribution in [-0.4, -0.2) is 23.0 Å². The number of amides is 1. The molecular weight excluding hydrogens is 484 g/mol. The molecule has 0 bridgehead atoms. The number of hydrogen-bond donors (Lipinski definition) is 1. The highest BCUT2D eigenvalue weighted by atomic mass is 16.2. The molecule has 6 aliphatic carbocycles. The fourth-order valence-corrected chi connectivity index (χ4v) is 11.2. The van der Waals surface area contributed by atoms with Crippen molar-refractivity contribution in [1.29, 1.82) is 0 Å². The summed E-state index contributed by atoms with van der Waals surface area (Å²) in [4.78, 5) is 44.8. The lowest BCUT2D eigenvalue weighted by molar-refractivity contribution is -0.215. The van der Waals surface area contributed by atoms with Gasteiger partial charge in [0.05, 0.1) is 6.57 Å². The molecule has 0 spiro atoms. The first-order valence-corrected chi connectivity index (χ1v) is 15.5. The van der Waals surface area contributed by atoms with E-state index in [1.165, 1.54) is 0 Å². The number of Topliss-reactive ketones (excluding diaryl/α,β-unsaturated/α-hetero) is 2. The Hall–Kier alpha value is -1.96. The summed E-state index contributed by atoms with van der Waals surface area (Å²) in [5.41, 5.74) is -1.07. The summed E-state index contributed by atoms with van der Waals surface area (Å²) in [6.45, 7) is 23.6. The lowest BCUT2D eigenvalue weighted by Gasteiger charge is -2.72. The molecule has 5 saturated carbocycles. The monoisotopic (exact) mass is 532 g/mol. The van der Waals surface area contributed by atoms with Gasteiger partial charge in [0.15, 0.2) is 5.78 Å². The molecule has 5 heteroatoms. The summed E-state index contributed by atoms with van der Waals surface area (Å²) in [6, 6.07) is 0. The van der Waals surface area contributed by atoms with Crippen molar-refractivity contribution in [3.05, 3.63) is 23.2 Å². The minimum absolute atomic E-state index is 0.0342. The van der Waals surface area contributed by atoms with Crippen molar-refractivity contribution in [2.45, 2.75) is 118 Å². The highest BCUT2D eigenvalue weighted by Gasteiger charge is 2.72. The Balaban J connectivity index is 1.44. The van der Waals surface area contributed by atoms with Crippen LogP contribution in [0.25, 0.3) is 4.85 Å². The Bertz CT molecular complexity index is 1220. The van der Waals surface area contributed by atoms with Crippen LogP contribution in [0, 0.1) is 63.2 Å². The molecule has 0 aliphatic heterocycles. The van der Waals surface area contributed by atoms with Gasteiger partial charge < -0.3 is 10.1 Å². The van der Waals surface area contributed by atoms with Crippen LogP contribution in [0.15, 0.2) is 11.8 Å². The van der Waals surface area contributed by atoms with Crippen LogP contribution in [-0.2, 0) is 14.4 Å². The molecule has 0 aromatic rings. The molecule has 0 radical (unpaired) electrons. The van der Waals surface area contributed by atoms with Gasteiger partial charge in [0.2, 0.25) is 11.6 Å². The van der Waals surface area contributed by atoms with Crippen molar-refractivity contribution in [3.8, 4) is 0 Å². The number of allylic oxidation sites excluding steroid dienone is 2. The molecule has 5 fully saturated rings. The number of nitrogens with zero attached hydrogens (tertiary/aromatic N) is 1. The topological polar surface area (TPSA) is 67.6 Å². The highest BCUT2D eigenvalue weighted by molar-refractivity contribution is 6.02. The molecule has 8 atom stereocenters. The Kier molecular flexibility index (Phi) is 5.63. The third-order valence-corrected chi connectivity index (χ3v) is 13.8. The summed E-state index contributed by atoms with van der Waals surface area (Å²) >= 11 is 0. The third kappa shape index (κ3) is 3.51. The van der Waals surface area contributed by atoms with Crippen LogP contribution in [0.5, 0.6) is 0 Å². The maximum atomic E-state index is 14.6. The average Bonchev–Trinajstić information content (AvgIpc) is 3.69. The fraction of sp³-hybridized carbons (Fsp3) is 0.824. The molecule has 6 aliphatic rings. The largest absolute Gasteiger partial charge is 0.350 e. The van der Waals surface area contributed by atoms with E-state index in [0.717, 1.165) is 57.8 Å². The maximum absolute atomic E-state index is 14.6. The van der Waals surface area contributed by atoms with Crippen molar-refractivity contribution in [1.82, 2.24) is 5.32 Å². The number of ketones is 2. The van der Waals surface area contributed by atoms with Crippen LogP contribution < -0.4 is 5.32 Å². The minimum Gasteiger partial charge on any atom is -0.350 e. The first-order valence-electron chi connectivity index (χ1n) is 15.5. The van der Waals surface area contributed by atoms with Gasteiger partial charge in [0.25, 0.3) is 0 Å². The Morgan fingerprint density at radius 2 is 1.56 bits per heavy atom. The van der Waals surface area contributed by atoms with Gasteiger partial charge in [-0.2, -0.15) is 0 Å². The lowest BCUT2D eigenvalue weighted by atomic mass is 9.32. The Morgan fingerprint density at radius 1 is 0.897 bits per heavy atom. The predicted molar refractivity (Wildman–Crippen MR) is 151 cm³/mol. The molecule has 1 amide bonds. The summed E-state index contributed by atoms with van der Waals surface area (Å²) in [6.07, 6.45) is 11.4. The van der Waals surface area contributed by atoms with E-state index in [2.05, 4.69) is 44.8 Å². The number of fused-ring (bicyclic) bond motifs is 7. The maximum Gasteiger partial charge on any atom is 0.226 e. The van der Waals surface area contributed by atoms with E-state index in [0.29, 0.717) is 12.2 Å². The van der Waals surface area contributed by atoms with Gasteiger partial charge in [0, 0.05) is 29.2 Å². The van der Waals surface area contributed by atoms with Gasteiger partial charge in [-0.25, -0.2) is 4.85 Å². The second-order valence-electron chi connectivity index (χ2n) is 16.6. The van der Waals surface area contributed by atoms with Gasteiger partial charge >= 0.3 is 0 Å². The van der Waals surface area contributed by atoms with Crippen LogP contribution in [0.2, 0.25) is 0 Å². The SMILES string of the molecule is [C-]#[N+]C1=C[C@]2(C)[C@H]3CC(=O)[C@@H]4[C@@H]5CC(C)(C)CC[C@]5(NC(=O)C5CC5)CC[C@@]4(C)[C@]3(C)CC[C@H]2C(C)(C)C1=O. The van der Waals surface area contributed by atoms with Crippen molar-refractivity contribution < 1.29 is 14.4 Å². The lowest BCUT2D eigenvalue weighted by Crippen LogP contribution is -2.72. The second kappa shape index (κ2) is 8.07. The highest BCUT2D eigenvalue weighted by Crippen LogP contribution is 2.74. The van der Waals surface area contributed by atoms with E-state index in [4.69, 9.17) is 6.57 Å². The molecule has 0 unspecified atom stereocenters. The minimum atomic E-state index is -0.603. The zero-order chi connectivity index (χ0) is 28.4. The molecule has 0 aromatic heterocycles. The smallest absolute Gasteiger partial charge is 0.226 e. The second-order valence-corrected chi connectivity index (χ2v) is 16.6. The van der Waals surface area contributed by atoms with Gasteiger partial charge in [-0.3, -0.25) is 9.59 Å². The zero-order valence-electron chi connectivity index (χ0n) is 25.2. The van der Waals surface area contributed by atoms with Crippen LogP contribution in [0.1, 0.15) is 113 Å². The van der Waals surface area contributed by atoms with Crippen LogP contribution in [0.3, 0.4) is 0 Å². The number of nitrogens with one attached hydrogen (secondary N) is 1. The Morgan fingerprint density at radius 3 is 2.21 bits per heavy atom. The molecular formula is C34H48N2O3. The molecule has 6 rings (SSSR count). The van der Waals surface area contributed by atoms with Crippen LogP contribution in [0.4, 0.5) is 0 Å². The van der Waals surface area contributed by atoms with E-state index >= 15 is 0 Å². The standard InChI is InChI=1S/C34H48N2O3/c1-29(2)13-15-34(36-28(39)20-9-10-20)16-14-33(7)26(21(34)18-29)23(37)17-25-31(5)19-22(35-8)27(38)30(3,4)24(31)11-12-32(25,33)6/h19-21,24-26H,9-18H2,1-7H3,(H,36,39)/t21-,24-,25+,26-,31-,32+,33+,34-/m0/s1. The normalized spacial score (nSPS) is 47.9. The number of carbonyl (C=O) groups is 3. The predicted octanol–water partition coefficient (Wildman–Crippen LogP) is 6.92. The van der Waals surface area contributed by atoms with Crippen LogP contribution >= 0.6 is 0 Å². The van der Waals surface area contributed by atoms with Crippen molar-refractivity contribution in [2.24, 2.45) is 56.7 Å². The van der Waals surface area contributed by atoms with Crippen molar-refractivity contribution >= 4 is 17.5 Å². The summed E-state index contributed by atoms with van der Waals surface area (Å²) in [7, 11) is 0. The number of hydrogen-bond acceptors (Lipinski definition) is 3. The van der Waals surface area contributed by atoms with Gasteiger partial charge in [0.1, 0.15) is 5.78 Å². The fourth-order valence-electron chi connectivity index (χ4n) is 11.2. The van der Waals surface area contributed by atoms with E-state index in [9.17, 15) is 14.4 Å². The van der Waals surface area contributed by atoms with Gasteiger partial charge in [-0.15, -0.1) is 0 Å². The summed E-state index contributed by atoms with van der Waals surface area (Å²) in [5.74, 6) is 1.05. The first-order chi connectivity index (χ1) is 18.0. The van der Waals surface area contributed by atoms with E-state index < -0.39 is 5.41 Å². The molecule has 0 saturated heterocycles. The Labute approximate surface area is 235 Å². The summed E-state index contributed by atoms with van der Waals surface area (Å²) < 4.78 is 0. The molecule has 39 heavy (non-hydrogen) atoms. The van der Waals surface area contributed by atoms with E-state index in [1.54, 1.807) is 0 Å². The van der Waals surface area contributed by atoms with Gasteiger partial charge in [-0.05, 0) is 97.2 Å². The quantitative estimate of drug-likeness (QED) is 0.393. The third-order valence-electron chi connectivity index (χ3n) is 13.8. The number of carbonyl (C=O) groups excluding carboxylic acids is 3. The van der Waals surface area contributed by atoms with E-state index in [1.807, 2.05) is 19.9 Å². The van der Waals surface area contributed by atoms with Crippen molar-refractivity contribution in [3.63, 3.8) is 0 Å². The van der Waals surface area contributed by atoms with Gasteiger partial charge in [-0.1, -0.05) is 54.5 Å². The van der Waals surface area contributed by atoms with E-state index in [-0.39, 0.29) is 74.2 Å². The zero-order valence-corrected chi connectivity index (χ0v) is 25.2. The van der Waals surface area contributed by atoms with Crippen molar-refractivity contribution in [2.75, 3.05) is 0 Å². The molecule has 1 N–H and O–H groups in total. The average molecular weight is 533 g/mol. The summed E-state index contributed by atoms with van der Waals surface area (Å²) in [5, 5.41) is 3.60.